The largest absolute Gasteiger partial charge is 0.246 e. The molecule has 0 saturated heterocycles. The molecule has 6 aromatic carbocycles. The van der Waals surface area contributed by atoms with E-state index in [2.05, 4.69) is 127 Å². The number of thiophene rings is 1. The van der Waals surface area contributed by atoms with Crippen LogP contribution in [0.5, 0.6) is 0 Å². The second-order valence-electron chi connectivity index (χ2n) is 9.55. The van der Waals surface area contributed by atoms with E-state index < -0.39 is 0 Å². The van der Waals surface area contributed by atoms with Crippen molar-refractivity contribution in [2.75, 3.05) is 0 Å². The molecule has 0 aliphatic heterocycles. The first-order valence-electron chi connectivity index (χ1n) is 12.6. The molecule has 8 rings (SSSR count). The molecule has 37 heavy (non-hydrogen) atoms. The Hall–Kier alpha value is -4.53. The number of fused-ring (bicyclic) bond motifs is 9. The van der Waals surface area contributed by atoms with Crippen LogP contribution in [0.2, 0.25) is 0 Å². The Labute approximate surface area is 218 Å². The summed E-state index contributed by atoms with van der Waals surface area (Å²) in [6, 6.07) is 45.9. The standard InChI is InChI=1S/C35H21NS/c1-2-10-22(11-3-1)34-35-31(29-16-8-9-17-33(29)37-35)21-32(36-34)23-18-19-28-26-14-5-4-12-24(26)25-13-6-7-15-27(25)30(28)20-23/h1-21H. The third-order valence-corrected chi connectivity index (χ3v) is 8.64. The molecule has 0 aliphatic carbocycles. The van der Waals surface area contributed by atoms with Crippen molar-refractivity contribution in [3.63, 3.8) is 0 Å². The molecule has 8 aromatic rings. The van der Waals surface area contributed by atoms with Crippen molar-refractivity contribution >= 4 is 63.8 Å². The Balaban J connectivity index is 1.46. The zero-order valence-corrected chi connectivity index (χ0v) is 20.8. The monoisotopic (exact) mass is 487 g/mol. The van der Waals surface area contributed by atoms with Crippen LogP contribution in [-0.4, -0.2) is 4.98 Å². The van der Waals surface area contributed by atoms with Gasteiger partial charge in [0, 0.05) is 26.6 Å². The molecular formula is C35H21NS. The zero-order valence-electron chi connectivity index (χ0n) is 20.0. The Morgan fingerprint density at radius 1 is 0.405 bits per heavy atom. The molecule has 0 fully saturated rings. The van der Waals surface area contributed by atoms with Gasteiger partial charge in [-0.05, 0) is 50.5 Å². The lowest BCUT2D eigenvalue weighted by molar-refractivity contribution is 1.36. The molecule has 2 aromatic heterocycles. The third kappa shape index (κ3) is 3.13. The number of benzene rings is 6. The highest BCUT2D eigenvalue weighted by atomic mass is 32.1. The van der Waals surface area contributed by atoms with Crippen molar-refractivity contribution < 1.29 is 0 Å². The number of pyridine rings is 1. The average Bonchev–Trinajstić information content (AvgIpc) is 3.36. The predicted molar refractivity (Wildman–Crippen MR) is 161 cm³/mol. The quantitative estimate of drug-likeness (QED) is 0.221. The van der Waals surface area contributed by atoms with Crippen LogP contribution in [0, 0.1) is 0 Å². The van der Waals surface area contributed by atoms with Gasteiger partial charge >= 0.3 is 0 Å². The maximum absolute atomic E-state index is 5.30. The summed E-state index contributed by atoms with van der Waals surface area (Å²) in [5, 5.41) is 10.3. The van der Waals surface area contributed by atoms with Crippen LogP contribution in [0.4, 0.5) is 0 Å². The molecule has 2 heterocycles. The molecule has 0 bridgehead atoms. The van der Waals surface area contributed by atoms with Gasteiger partial charge in [-0.1, -0.05) is 109 Å². The number of nitrogens with zero attached hydrogens (tertiary/aromatic N) is 1. The van der Waals surface area contributed by atoms with E-state index in [4.69, 9.17) is 4.98 Å². The zero-order chi connectivity index (χ0) is 24.3. The summed E-state index contributed by atoms with van der Waals surface area (Å²) < 4.78 is 2.54. The Kier molecular flexibility index (Phi) is 4.46. The molecule has 0 aliphatic rings. The van der Waals surface area contributed by atoms with Crippen molar-refractivity contribution in [2.24, 2.45) is 0 Å². The first-order chi connectivity index (χ1) is 18.3. The van der Waals surface area contributed by atoms with E-state index in [9.17, 15) is 0 Å². The lowest BCUT2D eigenvalue weighted by Gasteiger charge is -2.12. The summed E-state index contributed by atoms with van der Waals surface area (Å²) in [5.41, 5.74) is 4.35. The maximum atomic E-state index is 5.30. The summed E-state index contributed by atoms with van der Waals surface area (Å²) in [6.45, 7) is 0. The van der Waals surface area contributed by atoms with E-state index in [1.54, 1.807) is 0 Å². The molecule has 0 amide bonds. The smallest absolute Gasteiger partial charge is 0.0888 e. The minimum absolute atomic E-state index is 1.01. The maximum Gasteiger partial charge on any atom is 0.0888 e. The van der Waals surface area contributed by atoms with E-state index in [1.807, 2.05) is 11.3 Å². The van der Waals surface area contributed by atoms with E-state index >= 15 is 0 Å². The molecular weight excluding hydrogens is 466 g/mol. The molecule has 0 N–H and O–H groups in total. The molecule has 0 spiro atoms. The van der Waals surface area contributed by atoms with Crippen LogP contribution in [-0.2, 0) is 0 Å². The predicted octanol–water partition coefficient (Wildman–Crippen LogP) is 10.2. The normalized spacial score (nSPS) is 11.8. The van der Waals surface area contributed by atoms with E-state index in [1.165, 1.54) is 52.5 Å². The molecule has 2 heteroatoms. The fourth-order valence-corrected chi connectivity index (χ4v) is 6.92. The van der Waals surface area contributed by atoms with Crippen molar-refractivity contribution in [1.29, 1.82) is 0 Å². The molecule has 172 valence electrons. The Morgan fingerprint density at radius 3 is 1.68 bits per heavy atom. The highest BCUT2D eigenvalue weighted by Gasteiger charge is 2.16. The third-order valence-electron chi connectivity index (χ3n) is 7.45. The number of rotatable bonds is 2. The molecule has 0 atom stereocenters. The van der Waals surface area contributed by atoms with Gasteiger partial charge in [0.1, 0.15) is 0 Å². The minimum atomic E-state index is 1.01. The van der Waals surface area contributed by atoms with Crippen LogP contribution in [0.25, 0.3) is 75.0 Å². The van der Waals surface area contributed by atoms with Gasteiger partial charge in [-0.15, -0.1) is 11.3 Å². The fraction of sp³-hybridized carbons (Fsp3) is 0. The summed E-state index contributed by atoms with van der Waals surface area (Å²) in [6.07, 6.45) is 0. The van der Waals surface area contributed by atoms with Crippen LogP contribution in [0.3, 0.4) is 0 Å². The number of hydrogen-bond acceptors (Lipinski definition) is 2. The van der Waals surface area contributed by atoms with Gasteiger partial charge in [-0.3, -0.25) is 0 Å². The highest BCUT2D eigenvalue weighted by molar-refractivity contribution is 7.26. The summed E-state index contributed by atoms with van der Waals surface area (Å²) in [5.74, 6) is 0. The van der Waals surface area contributed by atoms with Gasteiger partial charge in [0.2, 0.25) is 0 Å². The second kappa shape index (κ2) is 7.99. The topological polar surface area (TPSA) is 12.9 Å². The van der Waals surface area contributed by atoms with Gasteiger partial charge in [-0.25, -0.2) is 4.98 Å². The molecule has 0 unspecified atom stereocenters. The van der Waals surface area contributed by atoms with Gasteiger partial charge < -0.3 is 0 Å². The lowest BCUT2D eigenvalue weighted by Crippen LogP contribution is -1.90. The van der Waals surface area contributed by atoms with Crippen LogP contribution in [0.15, 0.2) is 127 Å². The Bertz CT molecular complexity index is 2100. The molecule has 1 nitrogen and oxygen atoms in total. The molecule has 0 radical (unpaired) electrons. The second-order valence-corrected chi connectivity index (χ2v) is 10.6. The number of aromatic nitrogens is 1. The van der Waals surface area contributed by atoms with Gasteiger partial charge in [0.05, 0.1) is 16.1 Å². The van der Waals surface area contributed by atoms with Crippen molar-refractivity contribution in [1.82, 2.24) is 4.98 Å². The highest BCUT2D eigenvalue weighted by Crippen LogP contribution is 2.42. The summed E-state index contributed by atoms with van der Waals surface area (Å²) >= 11 is 1.83. The van der Waals surface area contributed by atoms with Crippen molar-refractivity contribution in [3.8, 4) is 22.5 Å². The van der Waals surface area contributed by atoms with Crippen LogP contribution in [0.1, 0.15) is 0 Å². The van der Waals surface area contributed by atoms with Gasteiger partial charge in [0.15, 0.2) is 0 Å². The Morgan fingerprint density at radius 2 is 0.973 bits per heavy atom. The summed E-state index contributed by atoms with van der Waals surface area (Å²) in [4.78, 5) is 5.30. The SMILES string of the molecule is c1ccc(-c2nc(-c3ccc4c5ccccc5c5ccccc5c4c3)cc3c2sc2ccccc23)cc1. The first-order valence-corrected chi connectivity index (χ1v) is 13.4. The number of hydrogen-bond donors (Lipinski definition) is 0. The van der Waals surface area contributed by atoms with Crippen molar-refractivity contribution in [3.05, 3.63) is 127 Å². The first kappa shape index (κ1) is 20.6. The minimum Gasteiger partial charge on any atom is -0.246 e. The van der Waals surface area contributed by atoms with Crippen LogP contribution >= 0.6 is 11.3 Å². The van der Waals surface area contributed by atoms with E-state index in [-0.39, 0.29) is 0 Å². The average molecular weight is 488 g/mol. The van der Waals surface area contributed by atoms with Gasteiger partial charge in [0.25, 0.3) is 0 Å². The summed E-state index contributed by atoms with van der Waals surface area (Å²) in [7, 11) is 0. The van der Waals surface area contributed by atoms with Crippen LogP contribution < -0.4 is 0 Å². The van der Waals surface area contributed by atoms with Gasteiger partial charge in [-0.2, -0.15) is 0 Å². The van der Waals surface area contributed by atoms with E-state index in [0.29, 0.717) is 0 Å². The van der Waals surface area contributed by atoms with E-state index in [0.717, 1.165) is 22.5 Å². The lowest BCUT2D eigenvalue weighted by atomic mass is 9.92. The molecule has 0 saturated carbocycles. The van der Waals surface area contributed by atoms with Crippen molar-refractivity contribution in [2.45, 2.75) is 0 Å². The fourth-order valence-electron chi connectivity index (χ4n) is 5.73.